The molecule has 200 valence electrons. The summed E-state index contributed by atoms with van der Waals surface area (Å²) in [4.78, 5) is 23.8. The Labute approximate surface area is 208 Å². The first-order valence-corrected chi connectivity index (χ1v) is 12.2. The van der Waals surface area contributed by atoms with E-state index in [0.29, 0.717) is 17.5 Å². The molecular formula is C26H42O9. The number of carbonyl (C=O) groups is 2. The van der Waals surface area contributed by atoms with Crippen LogP contribution in [0.3, 0.4) is 0 Å². The number of benzene rings is 1. The number of methoxy groups -OCH3 is 2. The summed E-state index contributed by atoms with van der Waals surface area (Å²) in [5.41, 5.74) is 0.330. The van der Waals surface area contributed by atoms with Crippen molar-refractivity contribution in [2.45, 2.75) is 104 Å². The molecule has 9 heteroatoms. The molecule has 0 saturated heterocycles. The van der Waals surface area contributed by atoms with E-state index in [1.54, 1.807) is 27.7 Å². The van der Waals surface area contributed by atoms with Crippen LogP contribution in [0.15, 0.2) is 0 Å². The summed E-state index contributed by atoms with van der Waals surface area (Å²) in [5.74, 6) is 0.216. The van der Waals surface area contributed by atoms with Crippen molar-refractivity contribution in [1.82, 2.24) is 0 Å². The third-order valence-corrected chi connectivity index (χ3v) is 5.41. The summed E-state index contributed by atoms with van der Waals surface area (Å²) in [5, 5.41) is 18.6. The van der Waals surface area contributed by atoms with Crippen LogP contribution in [0.2, 0.25) is 0 Å². The molecule has 1 rings (SSSR count). The summed E-state index contributed by atoms with van der Waals surface area (Å²) in [6.07, 6.45) is 5.80. The lowest BCUT2D eigenvalue weighted by molar-refractivity contribution is 0.0198. The van der Waals surface area contributed by atoms with Gasteiger partial charge in [0.1, 0.15) is 5.60 Å². The number of hydrogen-bond donors (Lipinski definition) is 2. The van der Waals surface area contributed by atoms with Crippen LogP contribution in [0.5, 0.6) is 23.0 Å². The zero-order chi connectivity index (χ0) is 26.6. The molecule has 1 atom stereocenters. The Kier molecular flexibility index (Phi) is 12.7. The van der Waals surface area contributed by atoms with E-state index in [1.165, 1.54) is 14.2 Å². The molecule has 0 amide bonds. The maximum absolute atomic E-state index is 12.4. The van der Waals surface area contributed by atoms with Gasteiger partial charge in [-0.15, -0.1) is 0 Å². The fraction of sp³-hybridized carbons (Fsp3) is 0.692. The summed E-state index contributed by atoms with van der Waals surface area (Å²) in [7, 11) is 2.73. The average Bonchev–Trinajstić information content (AvgIpc) is 2.73. The Bertz CT molecular complexity index is 825. The lowest BCUT2D eigenvalue weighted by Gasteiger charge is -2.23. The van der Waals surface area contributed by atoms with Crippen LogP contribution in [0.25, 0.3) is 0 Å². The second kappa shape index (κ2) is 14.7. The Morgan fingerprint density at radius 3 is 1.83 bits per heavy atom. The first-order chi connectivity index (χ1) is 16.4. The van der Waals surface area contributed by atoms with E-state index in [1.807, 2.05) is 6.92 Å². The van der Waals surface area contributed by atoms with Gasteiger partial charge >= 0.3 is 12.3 Å². The van der Waals surface area contributed by atoms with Crippen LogP contribution >= 0.6 is 0 Å². The molecule has 0 heterocycles. The van der Waals surface area contributed by atoms with Crippen molar-refractivity contribution in [3.63, 3.8) is 0 Å². The highest BCUT2D eigenvalue weighted by Crippen LogP contribution is 2.50. The van der Waals surface area contributed by atoms with Gasteiger partial charge in [-0.1, -0.05) is 38.5 Å². The fourth-order valence-corrected chi connectivity index (χ4v) is 3.79. The summed E-state index contributed by atoms with van der Waals surface area (Å²) in [6.45, 7) is 8.69. The van der Waals surface area contributed by atoms with E-state index in [2.05, 4.69) is 0 Å². The standard InChI is InChI=1S/C26H42O9/c1-17(27)15-13-11-9-8-10-12-14-16-19-18(2)20(34-25(30)35-26(3,4)5)22(31-6)23(32-7)21(19)33-24(28)29/h17,27H,8-16H2,1-7H3,(H,28,29). The Balaban J connectivity index is 3.06. The molecule has 0 aliphatic heterocycles. The lowest BCUT2D eigenvalue weighted by atomic mass is 9.97. The largest absolute Gasteiger partial charge is 0.514 e. The van der Waals surface area contributed by atoms with Gasteiger partial charge in [0, 0.05) is 11.1 Å². The maximum atomic E-state index is 12.4. The van der Waals surface area contributed by atoms with Crippen LogP contribution in [0, 0.1) is 6.92 Å². The van der Waals surface area contributed by atoms with Crippen molar-refractivity contribution in [3.8, 4) is 23.0 Å². The van der Waals surface area contributed by atoms with Crippen LogP contribution in [-0.4, -0.2) is 48.4 Å². The quantitative estimate of drug-likeness (QED) is 0.170. The van der Waals surface area contributed by atoms with Crippen LogP contribution in [0.1, 0.15) is 90.2 Å². The van der Waals surface area contributed by atoms with Gasteiger partial charge in [-0.05, 0) is 53.9 Å². The maximum Gasteiger partial charge on any atom is 0.514 e. The number of ether oxygens (including phenoxy) is 5. The molecule has 2 N–H and O–H groups in total. The highest BCUT2D eigenvalue weighted by Gasteiger charge is 2.30. The van der Waals surface area contributed by atoms with Gasteiger partial charge in [-0.25, -0.2) is 9.59 Å². The molecule has 9 nitrogen and oxygen atoms in total. The minimum atomic E-state index is -1.48. The van der Waals surface area contributed by atoms with E-state index < -0.39 is 17.9 Å². The highest BCUT2D eigenvalue weighted by atomic mass is 16.7. The van der Waals surface area contributed by atoms with Crippen molar-refractivity contribution in [1.29, 1.82) is 0 Å². The highest BCUT2D eigenvalue weighted by molar-refractivity contribution is 5.75. The second-order valence-electron chi connectivity index (χ2n) is 9.63. The SMILES string of the molecule is COc1c(OC(=O)OC(C)(C)C)c(C)c(CCCCCCCCCC(C)O)c(OC(=O)O)c1OC. The van der Waals surface area contributed by atoms with Crippen molar-refractivity contribution in [2.75, 3.05) is 14.2 Å². The van der Waals surface area contributed by atoms with Crippen molar-refractivity contribution in [3.05, 3.63) is 11.1 Å². The van der Waals surface area contributed by atoms with Gasteiger partial charge in [-0.3, -0.25) is 0 Å². The monoisotopic (exact) mass is 498 g/mol. The molecule has 0 fully saturated rings. The normalized spacial score (nSPS) is 12.1. The Morgan fingerprint density at radius 2 is 1.34 bits per heavy atom. The first kappa shape index (κ1) is 30.4. The molecule has 0 aliphatic rings. The topological polar surface area (TPSA) is 121 Å². The van der Waals surface area contributed by atoms with Crippen molar-refractivity contribution in [2.24, 2.45) is 0 Å². The van der Waals surface area contributed by atoms with Crippen LogP contribution in [0.4, 0.5) is 9.59 Å². The number of aliphatic hydroxyl groups is 1. The zero-order valence-corrected chi connectivity index (χ0v) is 22.2. The molecule has 0 aliphatic carbocycles. The number of carboxylic acid groups (broad SMARTS) is 1. The second-order valence-corrected chi connectivity index (χ2v) is 9.63. The molecule has 0 saturated carbocycles. The number of aliphatic hydroxyl groups excluding tert-OH is 1. The molecule has 0 spiro atoms. The van der Waals surface area contributed by atoms with E-state index in [-0.39, 0.29) is 29.1 Å². The van der Waals surface area contributed by atoms with Gasteiger partial charge in [0.2, 0.25) is 11.5 Å². The number of carbonyl (C=O) groups excluding carboxylic acids is 1. The summed E-state index contributed by atoms with van der Waals surface area (Å²) in [6, 6.07) is 0. The molecule has 1 aromatic carbocycles. The van der Waals surface area contributed by atoms with E-state index >= 15 is 0 Å². The summed E-state index contributed by atoms with van der Waals surface area (Å²) >= 11 is 0. The average molecular weight is 499 g/mol. The fourth-order valence-electron chi connectivity index (χ4n) is 3.79. The van der Waals surface area contributed by atoms with E-state index in [0.717, 1.165) is 51.4 Å². The summed E-state index contributed by atoms with van der Waals surface area (Å²) < 4.78 is 26.7. The number of unbranched alkanes of at least 4 members (excludes halogenated alkanes) is 6. The molecule has 1 aromatic rings. The van der Waals surface area contributed by atoms with Crippen LogP contribution in [-0.2, 0) is 11.2 Å². The molecule has 1 unspecified atom stereocenters. The van der Waals surface area contributed by atoms with Crippen molar-refractivity contribution < 1.29 is 43.5 Å². The number of hydrogen-bond acceptors (Lipinski definition) is 8. The minimum absolute atomic E-state index is 0.0315. The predicted molar refractivity (Wildman–Crippen MR) is 132 cm³/mol. The van der Waals surface area contributed by atoms with Gasteiger partial charge in [-0.2, -0.15) is 0 Å². The third kappa shape index (κ3) is 10.6. The van der Waals surface area contributed by atoms with Crippen molar-refractivity contribution >= 4 is 12.3 Å². The molecule has 35 heavy (non-hydrogen) atoms. The van der Waals surface area contributed by atoms with Gasteiger partial charge in [0.25, 0.3) is 0 Å². The predicted octanol–water partition coefficient (Wildman–Crippen LogP) is 6.43. The minimum Gasteiger partial charge on any atom is -0.490 e. The number of rotatable bonds is 14. The lowest BCUT2D eigenvalue weighted by Crippen LogP contribution is -2.26. The third-order valence-electron chi connectivity index (χ3n) is 5.41. The van der Waals surface area contributed by atoms with Gasteiger partial charge in [0.05, 0.1) is 20.3 Å². The van der Waals surface area contributed by atoms with Gasteiger partial charge in [0.15, 0.2) is 11.5 Å². The van der Waals surface area contributed by atoms with E-state index in [9.17, 15) is 19.8 Å². The Morgan fingerprint density at radius 1 is 0.829 bits per heavy atom. The Hall–Kier alpha value is -2.68. The molecule has 0 aromatic heterocycles. The smallest absolute Gasteiger partial charge is 0.490 e. The molecule has 0 bridgehead atoms. The molecular weight excluding hydrogens is 456 g/mol. The van der Waals surface area contributed by atoms with Gasteiger partial charge < -0.3 is 33.9 Å². The van der Waals surface area contributed by atoms with Crippen LogP contribution < -0.4 is 18.9 Å². The van der Waals surface area contributed by atoms with E-state index in [4.69, 9.17) is 23.7 Å². The zero-order valence-electron chi connectivity index (χ0n) is 22.2. The first-order valence-electron chi connectivity index (χ1n) is 12.2. The molecule has 0 radical (unpaired) electrons.